The summed E-state index contributed by atoms with van der Waals surface area (Å²) in [5, 5.41) is 3.37. The van der Waals surface area contributed by atoms with E-state index in [-0.39, 0.29) is 0 Å². The molecule has 106 valence electrons. The molecule has 1 aliphatic rings. The van der Waals surface area contributed by atoms with E-state index in [1.807, 2.05) is 12.4 Å². The molecule has 1 fully saturated rings. The SMILES string of the molecule is CC(C)CNCc1cnc(N2CCCOCC2)cn1. The molecule has 5 nitrogen and oxygen atoms in total. The Labute approximate surface area is 115 Å². The maximum Gasteiger partial charge on any atom is 0.147 e. The van der Waals surface area contributed by atoms with Gasteiger partial charge in [0.05, 0.1) is 24.7 Å². The Hall–Kier alpha value is -1.20. The van der Waals surface area contributed by atoms with Gasteiger partial charge in [0, 0.05) is 26.2 Å². The predicted molar refractivity (Wildman–Crippen MR) is 76.2 cm³/mol. The molecule has 0 amide bonds. The van der Waals surface area contributed by atoms with E-state index in [9.17, 15) is 0 Å². The summed E-state index contributed by atoms with van der Waals surface area (Å²) in [7, 11) is 0. The second-order valence-corrected chi connectivity index (χ2v) is 5.34. The summed E-state index contributed by atoms with van der Waals surface area (Å²) >= 11 is 0. The maximum absolute atomic E-state index is 5.45. The van der Waals surface area contributed by atoms with Crippen molar-refractivity contribution in [3.05, 3.63) is 18.1 Å². The molecule has 2 rings (SSSR count). The number of hydrogen-bond donors (Lipinski definition) is 1. The normalized spacial score (nSPS) is 16.7. The number of nitrogens with zero attached hydrogens (tertiary/aromatic N) is 3. The molecule has 5 heteroatoms. The fourth-order valence-electron chi connectivity index (χ4n) is 2.07. The van der Waals surface area contributed by atoms with Crippen molar-refractivity contribution in [2.24, 2.45) is 5.92 Å². The van der Waals surface area contributed by atoms with E-state index in [1.54, 1.807) is 0 Å². The summed E-state index contributed by atoms with van der Waals surface area (Å²) in [6, 6.07) is 0. The number of nitrogens with one attached hydrogen (secondary N) is 1. The van der Waals surface area contributed by atoms with Crippen LogP contribution in [0.15, 0.2) is 12.4 Å². The Morgan fingerprint density at radius 1 is 1.26 bits per heavy atom. The molecule has 2 heterocycles. The first-order valence-corrected chi connectivity index (χ1v) is 7.10. The Morgan fingerprint density at radius 2 is 2.16 bits per heavy atom. The molecule has 0 saturated carbocycles. The van der Waals surface area contributed by atoms with Crippen LogP contribution in [0, 0.1) is 5.92 Å². The van der Waals surface area contributed by atoms with E-state index in [1.165, 1.54) is 0 Å². The fourth-order valence-corrected chi connectivity index (χ4v) is 2.07. The first kappa shape index (κ1) is 14.2. The molecule has 0 atom stereocenters. The Morgan fingerprint density at radius 3 is 2.89 bits per heavy atom. The molecule has 1 aliphatic heterocycles. The lowest BCUT2D eigenvalue weighted by atomic mass is 10.2. The quantitative estimate of drug-likeness (QED) is 0.872. The van der Waals surface area contributed by atoms with Gasteiger partial charge in [-0.2, -0.15) is 0 Å². The van der Waals surface area contributed by atoms with Gasteiger partial charge in [0.1, 0.15) is 5.82 Å². The molecule has 1 N–H and O–H groups in total. The molecule has 0 aliphatic carbocycles. The Balaban J connectivity index is 1.86. The van der Waals surface area contributed by atoms with Crippen LogP contribution < -0.4 is 10.2 Å². The van der Waals surface area contributed by atoms with Crippen LogP contribution in [0.4, 0.5) is 5.82 Å². The van der Waals surface area contributed by atoms with E-state index in [2.05, 4.69) is 34.0 Å². The third kappa shape index (κ3) is 4.76. The van der Waals surface area contributed by atoms with Gasteiger partial charge in [0.2, 0.25) is 0 Å². The molecular formula is C14H24N4O. The molecule has 0 spiro atoms. The largest absolute Gasteiger partial charge is 0.380 e. The highest BCUT2D eigenvalue weighted by Crippen LogP contribution is 2.11. The van der Waals surface area contributed by atoms with Gasteiger partial charge in [-0.25, -0.2) is 4.98 Å². The summed E-state index contributed by atoms with van der Waals surface area (Å²) in [4.78, 5) is 11.2. The smallest absolute Gasteiger partial charge is 0.147 e. The first-order chi connectivity index (χ1) is 9.25. The lowest BCUT2D eigenvalue weighted by molar-refractivity contribution is 0.152. The minimum absolute atomic E-state index is 0.657. The van der Waals surface area contributed by atoms with Crippen LogP contribution in [0.5, 0.6) is 0 Å². The van der Waals surface area contributed by atoms with Gasteiger partial charge in [-0.15, -0.1) is 0 Å². The molecule has 19 heavy (non-hydrogen) atoms. The lowest BCUT2D eigenvalue weighted by Crippen LogP contribution is -2.27. The number of rotatable bonds is 5. The van der Waals surface area contributed by atoms with E-state index in [0.29, 0.717) is 5.92 Å². The summed E-state index contributed by atoms with van der Waals surface area (Å²) < 4.78 is 5.45. The second-order valence-electron chi connectivity index (χ2n) is 5.34. The van der Waals surface area contributed by atoms with Crippen molar-refractivity contribution < 1.29 is 4.74 Å². The fraction of sp³-hybridized carbons (Fsp3) is 0.714. The van der Waals surface area contributed by atoms with Gasteiger partial charge in [-0.1, -0.05) is 13.8 Å². The molecule has 1 aromatic heterocycles. The minimum atomic E-state index is 0.657. The van der Waals surface area contributed by atoms with Crippen LogP contribution in [0.2, 0.25) is 0 Å². The summed E-state index contributed by atoms with van der Waals surface area (Å²) in [6.07, 6.45) is 4.80. The zero-order chi connectivity index (χ0) is 13.5. The van der Waals surface area contributed by atoms with Crippen molar-refractivity contribution in [1.29, 1.82) is 0 Å². The van der Waals surface area contributed by atoms with Gasteiger partial charge >= 0.3 is 0 Å². The number of hydrogen-bond acceptors (Lipinski definition) is 5. The second kappa shape index (κ2) is 7.40. The van der Waals surface area contributed by atoms with Crippen LogP contribution in [0.1, 0.15) is 26.0 Å². The van der Waals surface area contributed by atoms with Gasteiger partial charge in [0.25, 0.3) is 0 Å². The van der Waals surface area contributed by atoms with Crippen molar-refractivity contribution >= 4 is 5.82 Å². The summed E-state index contributed by atoms with van der Waals surface area (Å²) in [6.45, 7) is 9.72. The van der Waals surface area contributed by atoms with Gasteiger partial charge < -0.3 is 15.0 Å². The van der Waals surface area contributed by atoms with Crippen molar-refractivity contribution in [2.75, 3.05) is 37.7 Å². The van der Waals surface area contributed by atoms with E-state index >= 15 is 0 Å². The zero-order valence-electron chi connectivity index (χ0n) is 11.9. The highest BCUT2D eigenvalue weighted by atomic mass is 16.5. The van der Waals surface area contributed by atoms with E-state index in [4.69, 9.17) is 4.74 Å². The number of ether oxygens (including phenoxy) is 1. The van der Waals surface area contributed by atoms with Gasteiger partial charge in [-0.3, -0.25) is 4.98 Å². The number of anilines is 1. The molecule has 1 saturated heterocycles. The van der Waals surface area contributed by atoms with Crippen LogP contribution in [0.25, 0.3) is 0 Å². The molecule has 0 aromatic carbocycles. The minimum Gasteiger partial charge on any atom is -0.380 e. The van der Waals surface area contributed by atoms with Crippen molar-refractivity contribution in [2.45, 2.75) is 26.8 Å². The molecule has 0 unspecified atom stereocenters. The van der Waals surface area contributed by atoms with Crippen LogP contribution in [-0.4, -0.2) is 42.8 Å². The topological polar surface area (TPSA) is 50.3 Å². The van der Waals surface area contributed by atoms with Gasteiger partial charge in [-0.05, 0) is 18.9 Å². The van der Waals surface area contributed by atoms with Crippen LogP contribution >= 0.6 is 0 Å². The van der Waals surface area contributed by atoms with Crippen molar-refractivity contribution in [1.82, 2.24) is 15.3 Å². The summed E-state index contributed by atoms with van der Waals surface area (Å²) in [5.74, 6) is 1.61. The lowest BCUT2D eigenvalue weighted by Gasteiger charge is -2.20. The molecule has 0 bridgehead atoms. The molecule has 1 aromatic rings. The predicted octanol–water partition coefficient (Wildman–Crippen LogP) is 1.45. The number of aromatic nitrogens is 2. The van der Waals surface area contributed by atoms with Crippen LogP contribution in [-0.2, 0) is 11.3 Å². The standard InChI is InChI=1S/C14H24N4O/c1-12(2)8-15-9-13-10-17-14(11-16-13)18-4-3-6-19-7-5-18/h10-12,15H,3-9H2,1-2H3. The third-order valence-electron chi connectivity index (χ3n) is 3.10. The van der Waals surface area contributed by atoms with Crippen molar-refractivity contribution in [3.63, 3.8) is 0 Å². The van der Waals surface area contributed by atoms with Crippen molar-refractivity contribution in [3.8, 4) is 0 Å². The van der Waals surface area contributed by atoms with E-state index < -0.39 is 0 Å². The third-order valence-corrected chi connectivity index (χ3v) is 3.10. The first-order valence-electron chi connectivity index (χ1n) is 7.10. The van der Waals surface area contributed by atoms with E-state index in [0.717, 1.165) is 57.3 Å². The Kier molecular flexibility index (Phi) is 5.54. The average molecular weight is 264 g/mol. The maximum atomic E-state index is 5.45. The van der Waals surface area contributed by atoms with Crippen LogP contribution in [0.3, 0.4) is 0 Å². The zero-order valence-corrected chi connectivity index (χ0v) is 11.9. The van der Waals surface area contributed by atoms with Gasteiger partial charge in [0.15, 0.2) is 0 Å². The highest BCUT2D eigenvalue weighted by Gasteiger charge is 2.11. The summed E-state index contributed by atoms with van der Waals surface area (Å²) in [5.41, 5.74) is 0.996. The average Bonchev–Trinajstić information content (AvgIpc) is 2.68. The monoisotopic (exact) mass is 264 g/mol. The molecular weight excluding hydrogens is 240 g/mol. The molecule has 0 radical (unpaired) electrons. The highest BCUT2D eigenvalue weighted by molar-refractivity contribution is 5.35. The Bertz CT molecular complexity index is 358.